The number of hydrogen-bond acceptors (Lipinski definition) is 5. The second kappa shape index (κ2) is 8.60. The molecular weight excluding hydrogens is 415 g/mol. The predicted octanol–water partition coefficient (Wildman–Crippen LogP) is 3.46. The summed E-state index contributed by atoms with van der Waals surface area (Å²) in [6.07, 6.45) is -0.385. The van der Waals surface area contributed by atoms with Gasteiger partial charge in [0.05, 0.1) is 30.3 Å². The molecule has 1 N–H and O–H groups in total. The summed E-state index contributed by atoms with van der Waals surface area (Å²) >= 11 is 0. The van der Waals surface area contributed by atoms with Crippen LogP contribution in [0.1, 0.15) is 38.5 Å². The molecule has 1 aromatic rings. The molecule has 3 fully saturated rings. The summed E-state index contributed by atoms with van der Waals surface area (Å²) in [7, 11) is 0. The average Bonchev–Trinajstić information content (AvgIpc) is 3.01. The first-order valence-electron chi connectivity index (χ1n) is 10.7. The number of hydrogen-bond donors (Lipinski definition) is 1. The van der Waals surface area contributed by atoms with Crippen LogP contribution in [0, 0.1) is 5.41 Å². The zero-order chi connectivity index (χ0) is 22.1. The molecule has 1 atom stereocenters. The number of carbonyl (C=O) groups excluding carboxylic acids is 1. The normalized spacial score (nSPS) is 31.2. The summed E-state index contributed by atoms with van der Waals surface area (Å²) in [6, 6.07) is 6.11. The molecule has 6 nitrogen and oxygen atoms in total. The van der Waals surface area contributed by atoms with Crippen molar-refractivity contribution in [3.05, 3.63) is 24.3 Å². The fraction of sp³-hybridized carbons (Fsp3) is 0.682. The molecular formula is C22H28F3NO5. The molecule has 9 heteroatoms. The van der Waals surface area contributed by atoms with Gasteiger partial charge in [-0.2, -0.15) is 13.2 Å². The third kappa shape index (κ3) is 5.15. The van der Waals surface area contributed by atoms with Gasteiger partial charge in [0.1, 0.15) is 5.75 Å². The molecule has 172 valence electrons. The van der Waals surface area contributed by atoms with Crippen molar-refractivity contribution in [1.82, 2.24) is 0 Å². The smallest absolute Gasteiger partial charge is 0.422 e. The number of aliphatic hydroxyl groups is 1. The van der Waals surface area contributed by atoms with Gasteiger partial charge >= 0.3 is 6.18 Å². The zero-order valence-corrected chi connectivity index (χ0v) is 17.3. The van der Waals surface area contributed by atoms with Crippen LogP contribution in [0.25, 0.3) is 0 Å². The van der Waals surface area contributed by atoms with Gasteiger partial charge in [0.25, 0.3) is 0 Å². The molecule has 2 saturated heterocycles. The molecule has 1 aliphatic carbocycles. The molecule has 1 unspecified atom stereocenters. The Morgan fingerprint density at radius 2 is 1.81 bits per heavy atom. The predicted molar refractivity (Wildman–Crippen MR) is 106 cm³/mol. The molecule has 0 bridgehead atoms. The van der Waals surface area contributed by atoms with E-state index in [1.54, 1.807) is 17.0 Å². The van der Waals surface area contributed by atoms with Crippen LogP contribution in [0.5, 0.6) is 5.75 Å². The van der Waals surface area contributed by atoms with Crippen molar-refractivity contribution in [2.75, 3.05) is 37.9 Å². The van der Waals surface area contributed by atoms with Gasteiger partial charge in [-0.25, -0.2) is 0 Å². The molecule has 2 aliphatic heterocycles. The first kappa shape index (κ1) is 22.4. The van der Waals surface area contributed by atoms with Crippen molar-refractivity contribution >= 4 is 11.6 Å². The largest absolute Gasteiger partial charge is 0.484 e. The van der Waals surface area contributed by atoms with E-state index < -0.39 is 23.8 Å². The fourth-order valence-corrected chi connectivity index (χ4v) is 4.55. The van der Waals surface area contributed by atoms with Crippen LogP contribution in [-0.4, -0.2) is 61.9 Å². The Kier molecular flexibility index (Phi) is 6.20. The maximum absolute atomic E-state index is 13.2. The second-order valence-electron chi connectivity index (χ2n) is 8.91. The van der Waals surface area contributed by atoms with E-state index in [-0.39, 0.29) is 24.4 Å². The van der Waals surface area contributed by atoms with E-state index in [0.29, 0.717) is 50.9 Å². The minimum Gasteiger partial charge on any atom is -0.484 e. The van der Waals surface area contributed by atoms with Crippen LogP contribution in [0.4, 0.5) is 18.9 Å². The monoisotopic (exact) mass is 443 g/mol. The highest BCUT2D eigenvalue weighted by Gasteiger charge is 2.51. The number of rotatable bonds is 7. The Morgan fingerprint density at radius 1 is 1.13 bits per heavy atom. The van der Waals surface area contributed by atoms with Crippen molar-refractivity contribution in [1.29, 1.82) is 0 Å². The lowest BCUT2D eigenvalue weighted by atomic mass is 9.68. The van der Waals surface area contributed by atoms with Gasteiger partial charge < -0.3 is 24.2 Å². The van der Waals surface area contributed by atoms with Crippen LogP contribution in [-0.2, 0) is 14.3 Å². The van der Waals surface area contributed by atoms with E-state index in [9.17, 15) is 23.1 Å². The second-order valence-corrected chi connectivity index (χ2v) is 8.91. The number of ether oxygens (including phenoxy) is 3. The van der Waals surface area contributed by atoms with E-state index >= 15 is 0 Å². The van der Waals surface area contributed by atoms with Gasteiger partial charge in [0.2, 0.25) is 5.91 Å². The molecule has 3 aliphatic rings. The highest BCUT2D eigenvalue weighted by atomic mass is 19.4. The summed E-state index contributed by atoms with van der Waals surface area (Å²) in [6.45, 7) is 0.708. The summed E-state index contributed by atoms with van der Waals surface area (Å²) < 4.78 is 52.6. The van der Waals surface area contributed by atoms with E-state index in [1.807, 2.05) is 0 Å². The molecule has 1 saturated carbocycles. The van der Waals surface area contributed by atoms with E-state index in [1.165, 1.54) is 12.1 Å². The molecule has 1 amide bonds. The van der Waals surface area contributed by atoms with E-state index in [4.69, 9.17) is 14.2 Å². The van der Waals surface area contributed by atoms with Crippen LogP contribution in [0.15, 0.2) is 24.3 Å². The fourth-order valence-electron chi connectivity index (χ4n) is 4.55. The molecule has 0 aromatic heterocycles. The van der Waals surface area contributed by atoms with Crippen molar-refractivity contribution in [2.24, 2.45) is 5.41 Å². The van der Waals surface area contributed by atoms with Crippen molar-refractivity contribution < 1.29 is 37.3 Å². The highest BCUT2D eigenvalue weighted by molar-refractivity contribution is 6.00. The van der Waals surface area contributed by atoms with Gasteiger partial charge in [0.15, 0.2) is 6.61 Å². The van der Waals surface area contributed by atoms with Gasteiger partial charge in [0, 0.05) is 18.8 Å². The molecule has 0 radical (unpaired) electrons. The molecule has 4 rings (SSSR count). The highest BCUT2D eigenvalue weighted by Crippen LogP contribution is 2.48. The van der Waals surface area contributed by atoms with E-state index in [0.717, 1.165) is 13.0 Å². The van der Waals surface area contributed by atoms with Crippen LogP contribution < -0.4 is 9.64 Å². The Balaban J connectivity index is 1.30. The minimum absolute atomic E-state index is 0.0160. The first-order chi connectivity index (χ1) is 14.7. The van der Waals surface area contributed by atoms with Gasteiger partial charge in [-0.15, -0.1) is 0 Å². The Hall–Kier alpha value is -1.84. The number of amides is 1. The van der Waals surface area contributed by atoms with Crippen LogP contribution >= 0.6 is 0 Å². The number of nitrogens with zero attached hydrogens (tertiary/aromatic N) is 1. The lowest BCUT2D eigenvalue weighted by Gasteiger charge is -2.41. The lowest BCUT2D eigenvalue weighted by Crippen LogP contribution is -2.46. The standard InChI is InChI=1S/C22H28F3NO5/c23-22(24,25)15-31-17-3-1-16(2-4-17)26-11-10-20(19(26)27)6-8-21(28,9-7-20)14-29-13-18-5-12-30-18/h1-4,18,28H,5-15H2. The summed E-state index contributed by atoms with van der Waals surface area (Å²) in [5.74, 6) is 0.125. The minimum atomic E-state index is -4.39. The van der Waals surface area contributed by atoms with Crippen molar-refractivity contribution in [3.8, 4) is 5.75 Å². The van der Waals surface area contributed by atoms with Crippen molar-refractivity contribution in [2.45, 2.75) is 56.4 Å². The Morgan fingerprint density at radius 3 is 2.39 bits per heavy atom. The van der Waals surface area contributed by atoms with Gasteiger partial charge in [-0.1, -0.05) is 0 Å². The van der Waals surface area contributed by atoms with Crippen LogP contribution in [0.3, 0.4) is 0 Å². The van der Waals surface area contributed by atoms with Crippen LogP contribution in [0.2, 0.25) is 0 Å². The first-order valence-corrected chi connectivity index (χ1v) is 10.7. The molecule has 1 spiro atoms. The van der Waals surface area contributed by atoms with Crippen molar-refractivity contribution in [3.63, 3.8) is 0 Å². The number of carbonyl (C=O) groups is 1. The number of alkyl halides is 3. The molecule has 1 aromatic carbocycles. The Bertz CT molecular complexity index is 770. The third-order valence-electron chi connectivity index (χ3n) is 6.67. The maximum Gasteiger partial charge on any atom is 0.422 e. The van der Waals surface area contributed by atoms with Gasteiger partial charge in [-0.05, 0) is 62.8 Å². The lowest BCUT2D eigenvalue weighted by molar-refractivity contribution is -0.153. The zero-order valence-electron chi connectivity index (χ0n) is 17.3. The van der Waals surface area contributed by atoms with Gasteiger partial charge in [-0.3, -0.25) is 4.79 Å². The number of halogens is 3. The quantitative estimate of drug-likeness (QED) is 0.699. The summed E-state index contributed by atoms with van der Waals surface area (Å²) in [5, 5.41) is 10.8. The summed E-state index contributed by atoms with van der Waals surface area (Å²) in [4.78, 5) is 14.9. The third-order valence-corrected chi connectivity index (χ3v) is 6.67. The maximum atomic E-state index is 13.2. The number of benzene rings is 1. The molecule has 31 heavy (non-hydrogen) atoms. The average molecular weight is 443 g/mol. The molecule has 2 heterocycles. The number of anilines is 1. The topological polar surface area (TPSA) is 68.2 Å². The SMILES string of the molecule is O=C1N(c2ccc(OCC(F)(F)F)cc2)CCC12CCC(O)(COCC1CCO1)CC2. The van der Waals surface area contributed by atoms with E-state index in [2.05, 4.69) is 0 Å². The summed E-state index contributed by atoms with van der Waals surface area (Å²) in [5.41, 5.74) is -0.763. The Labute approximate surface area is 179 Å².